The molecule has 1 amide bonds. The number of carbonyl (C=O) groups excluding carboxylic acids is 1. The van der Waals surface area contributed by atoms with E-state index in [-0.39, 0.29) is 5.91 Å². The first-order valence-corrected chi connectivity index (χ1v) is 9.16. The van der Waals surface area contributed by atoms with Gasteiger partial charge in [0.25, 0.3) is 0 Å². The molecule has 1 saturated carbocycles. The molecule has 134 valence electrons. The predicted octanol–water partition coefficient (Wildman–Crippen LogP) is 1.38. The second-order valence-electron chi connectivity index (χ2n) is 7.01. The number of aliphatic hydroxyl groups excluding tert-OH is 1. The first-order chi connectivity index (χ1) is 11.7. The standard InChI is InChI=1S/C18H29N3O3/c22-16(17-7-4-12-24-17)13-20-8-10-21(11-9-20)14-18(23)19-15-5-2-1-3-6-15/h4,7,12,15-16,22H,1-3,5-6,8-11,13-14H2,(H,19,23). The Labute approximate surface area is 143 Å². The van der Waals surface area contributed by atoms with Crippen molar-refractivity contribution in [2.45, 2.75) is 44.2 Å². The van der Waals surface area contributed by atoms with Crippen molar-refractivity contribution in [2.75, 3.05) is 39.3 Å². The van der Waals surface area contributed by atoms with Crippen molar-refractivity contribution in [3.8, 4) is 0 Å². The minimum Gasteiger partial charge on any atom is -0.467 e. The molecule has 2 heterocycles. The first-order valence-electron chi connectivity index (χ1n) is 9.16. The first kappa shape index (κ1) is 17.5. The molecule has 2 aliphatic rings. The number of aliphatic hydroxyl groups is 1. The predicted molar refractivity (Wildman–Crippen MR) is 91.6 cm³/mol. The molecule has 1 aromatic rings. The summed E-state index contributed by atoms with van der Waals surface area (Å²) in [6, 6.07) is 3.98. The highest BCUT2D eigenvalue weighted by Gasteiger charge is 2.23. The van der Waals surface area contributed by atoms with Crippen LogP contribution >= 0.6 is 0 Å². The highest BCUT2D eigenvalue weighted by atomic mass is 16.4. The highest BCUT2D eigenvalue weighted by molar-refractivity contribution is 5.78. The summed E-state index contributed by atoms with van der Waals surface area (Å²) in [5.74, 6) is 0.773. The van der Waals surface area contributed by atoms with Crippen LogP contribution < -0.4 is 5.32 Å². The molecule has 6 nitrogen and oxygen atoms in total. The minimum absolute atomic E-state index is 0.158. The van der Waals surface area contributed by atoms with Gasteiger partial charge in [0.1, 0.15) is 11.9 Å². The van der Waals surface area contributed by atoms with Gasteiger partial charge >= 0.3 is 0 Å². The Hall–Kier alpha value is -1.37. The largest absolute Gasteiger partial charge is 0.467 e. The van der Waals surface area contributed by atoms with Gasteiger partial charge in [0.05, 0.1) is 12.8 Å². The van der Waals surface area contributed by atoms with E-state index >= 15 is 0 Å². The highest BCUT2D eigenvalue weighted by Crippen LogP contribution is 2.18. The molecule has 1 saturated heterocycles. The van der Waals surface area contributed by atoms with Crippen LogP contribution in [0.5, 0.6) is 0 Å². The maximum atomic E-state index is 12.2. The van der Waals surface area contributed by atoms with Gasteiger partial charge in [-0.15, -0.1) is 0 Å². The molecule has 1 aliphatic carbocycles. The third kappa shape index (κ3) is 5.06. The molecule has 24 heavy (non-hydrogen) atoms. The number of nitrogens with zero attached hydrogens (tertiary/aromatic N) is 2. The zero-order valence-corrected chi connectivity index (χ0v) is 14.3. The van der Waals surface area contributed by atoms with E-state index in [1.807, 2.05) is 0 Å². The summed E-state index contributed by atoms with van der Waals surface area (Å²) >= 11 is 0. The lowest BCUT2D eigenvalue weighted by Gasteiger charge is -2.35. The molecule has 2 fully saturated rings. The molecule has 1 aliphatic heterocycles. The molecule has 0 aromatic carbocycles. The van der Waals surface area contributed by atoms with Crippen molar-refractivity contribution in [1.82, 2.24) is 15.1 Å². The van der Waals surface area contributed by atoms with Crippen molar-refractivity contribution in [1.29, 1.82) is 0 Å². The van der Waals surface area contributed by atoms with Crippen LogP contribution in [0.1, 0.15) is 44.0 Å². The summed E-state index contributed by atoms with van der Waals surface area (Å²) in [6.45, 7) is 4.54. The molecule has 1 unspecified atom stereocenters. The Morgan fingerprint density at radius 3 is 2.58 bits per heavy atom. The monoisotopic (exact) mass is 335 g/mol. The average Bonchev–Trinajstić information content (AvgIpc) is 3.12. The molecule has 0 radical (unpaired) electrons. The number of nitrogens with one attached hydrogen (secondary N) is 1. The number of β-amino-alcohol motifs (C(OH)–C–C–N with tert-alkyl or cyclic N) is 1. The van der Waals surface area contributed by atoms with E-state index in [0.29, 0.717) is 24.9 Å². The van der Waals surface area contributed by atoms with Gasteiger partial charge < -0.3 is 14.8 Å². The molecule has 0 spiro atoms. The molecule has 6 heteroatoms. The van der Waals surface area contributed by atoms with E-state index in [1.54, 1.807) is 18.4 Å². The van der Waals surface area contributed by atoms with Crippen LogP contribution in [0.4, 0.5) is 0 Å². The van der Waals surface area contributed by atoms with Crippen LogP contribution in [0.3, 0.4) is 0 Å². The normalized spacial score (nSPS) is 22.4. The molecule has 2 N–H and O–H groups in total. The molecular formula is C18H29N3O3. The van der Waals surface area contributed by atoms with E-state index in [0.717, 1.165) is 39.0 Å². The summed E-state index contributed by atoms with van der Waals surface area (Å²) in [5, 5.41) is 13.3. The number of hydrogen-bond donors (Lipinski definition) is 2. The summed E-state index contributed by atoms with van der Waals surface area (Å²) in [7, 11) is 0. The van der Waals surface area contributed by atoms with Gasteiger partial charge in [-0.2, -0.15) is 0 Å². The van der Waals surface area contributed by atoms with Crippen LogP contribution in [0, 0.1) is 0 Å². The molecule has 1 aromatic heterocycles. The number of amides is 1. The van der Waals surface area contributed by atoms with Gasteiger partial charge in [-0.3, -0.25) is 14.6 Å². The maximum absolute atomic E-state index is 12.2. The second-order valence-corrected chi connectivity index (χ2v) is 7.01. The Morgan fingerprint density at radius 2 is 1.92 bits per heavy atom. The van der Waals surface area contributed by atoms with E-state index < -0.39 is 6.10 Å². The number of hydrogen-bond acceptors (Lipinski definition) is 5. The Morgan fingerprint density at radius 1 is 1.21 bits per heavy atom. The summed E-state index contributed by atoms with van der Waals surface area (Å²) in [4.78, 5) is 16.6. The SMILES string of the molecule is O=C(CN1CCN(CC(O)c2ccco2)CC1)NC1CCCCC1. The average molecular weight is 335 g/mol. The number of rotatable bonds is 6. The van der Waals surface area contributed by atoms with Gasteiger partial charge in [-0.1, -0.05) is 19.3 Å². The van der Waals surface area contributed by atoms with Crippen LogP contribution in [0.15, 0.2) is 22.8 Å². The van der Waals surface area contributed by atoms with Crippen LogP contribution in [-0.2, 0) is 4.79 Å². The minimum atomic E-state index is -0.582. The quantitative estimate of drug-likeness (QED) is 0.822. The Bertz CT molecular complexity index is 492. The van der Waals surface area contributed by atoms with Crippen LogP contribution in [0.2, 0.25) is 0 Å². The fourth-order valence-electron chi connectivity index (χ4n) is 3.67. The third-order valence-electron chi connectivity index (χ3n) is 5.11. The fourth-order valence-corrected chi connectivity index (χ4v) is 3.67. The van der Waals surface area contributed by atoms with Crippen molar-refractivity contribution in [3.63, 3.8) is 0 Å². The number of piperazine rings is 1. The van der Waals surface area contributed by atoms with Gasteiger partial charge in [0.2, 0.25) is 5.91 Å². The fraction of sp³-hybridized carbons (Fsp3) is 0.722. The summed E-state index contributed by atoms with van der Waals surface area (Å²) in [6.07, 6.45) is 7.04. The van der Waals surface area contributed by atoms with Crippen molar-refractivity contribution >= 4 is 5.91 Å². The lowest BCUT2D eigenvalue weighted by Crippen LogP contribution is -2.51. The van der Waals surface area contributed by atoms with Gasteiger partial charge in [-0.25, -0.2) is 0 Å². The van der Waals surface area contributed by atoms with Gasteiger partial charge in [0.15, 0.2) is 0 Å². The molecule has 0 bridgehead atoms. The summed E-state index contributed by atoms with van der Waals surface area (Å²) in [5.41, 5.74) is 0. The molecular weight excluding hydrogens is 306 g/mol. The Kier molecular flexibility index (Phi) is 6.29. The van der Waals surface area contributed by atoms with Crippen LogP contribution in [0.25, 0.3) is 0 Å². The zero-order valence-electron chi connectivity index (χ0n) is 14.3. The maximum Gasteiger partial charge on any atom is 0.234 e. The van der Waals surface area contributed by atoms with E-state index in [2.05, 4.69) is 15.1 Å². The van der Waals surface area contributed by atoms with E-state index in [4.69, 9.17) is 4.42 Å². The zero-order chi connectivity index (χ0) is 16.8. The van der Waals surface area contributed by atoms with Gasteiger partial charge in [0, 0.05) is 38.8 Å². The molecule has 3 rings (SSSR count). The topological polar surface area (TPSA) is 69.0 Å². The third-order valence-corrected chi connectivity index (χ3v) is 5.11. The van der Waals surface area contributed by atoms with Crippen molar-refractivity contribution in [2.24, 2.45) is 0 Å². The number of carbonyl (C=O) groups is 1. The Balaban J connectivity index is 1.35. The smallest absolute Gasteiger partial charge is 0.234 e. The van der Waals surface area contributed by atoms with Crippen LogP contribution in [-0.4, -0.2) is 66.1 Å². The van der Waals surface area contributed by atoms with Crippen molar-refractivity contribution < 1.29 is 14.3 Å². The van der Waals surface area contributed by atoms with Crippen molar-refractivity contribution in [3.05, 3.63) is 24.2 Å². The van der Waals surface area contributed by atoms with E-state index in [1.165, 1.54) is 19.3 Å². The molecule has 1 atom stereocenters. The lowest BCUT2D eigenvalue weighted by atomic mass is 9.95. The number of furan rings is 1. The second kappa shape index (κ2) is 8.65. The van der Waals surface area contributed by atoms with Gasteiger partial charge in [-0.05, 0) is 25.0 Å². The summed E-state index contributed by atoms with van der Waals surface area (Å²) < 4.78 is 5.24. The van der Waals surface area contributed by atoms with E-state index in [9.17, 15) is 9.90 Å². The lowest BCUT2D eigenvalue weighted by molar-refractivity contribution is -0.123.